The first-order valence-electron chi connectivity index (χ1n) is 8.25. The fraction of sp³-hybridized carbons (Fsp3) is 0.167. The Morgan fingerprint density at radius 3 is 2.65 bits per heavy atom. The van der Waals surface area contributed by atoms with E-state index in [1.54, 1.807) is 0 Å². The van der Waals surface area contributed by atoms with E-state index in [2.05, 4.69) is 44.9 Å². The van der Waals surface area contributed by atoms with Gasteiger partial charge in [0.1, 0.15) is 12.9 Å². The second kappa shape index (κ2) is 6.75. The van der Waals surface area contributed by atoms with E-state index in [0.29, 0.717) is 5.95 Å². The lowest BCUT2D eigenvalue weighted by Gasteiger charge is -2.18. The molecule has 2 aromatic carbocycles. The maximum absolute atomic E-state index is 12.4. The van der Waals surface area contributed by atoms with Gasteiger partial charge < -0.3 is 4.57 Å². The SMILES string of the molecule is CC(c1ccccc1)n1c(NC(=O)Cn2cnnn2)nc2ccccc21. The summed E-state index contributed by atoms with van der Waals surface area (Å²) in [6.45, 7) is 2.11. The number of carbonyl (C=O) groups excluding carboxylic acids is 1. The number of carbonyl (C=O) groups is 1. The average molecular weight is 347 g/mol. The molecule has 1 unspecified atom stereocenters. The van der Waals surface area contributed by atoms with Crippen molar-refractivity contribution < 1.29 is 4.79 Å². The van der Waals surface area contributed by atoms with Crippen molar-refractivity contribution in [1.29, 1.82) is 0 Å². The lowest BCUT2D eigenvalue weighted by molar-refractivity contribution is -0.117. The van der Waals surface area contributed by atoms with Crippen molar-refractivity contribution in [3.63, 3.8) is 0 Å². The number of nitrogens with zero attached hydrogens (tertiary/aromatic N) is 6. The minimum atomic E-state index is -0.242. The largest absolute Gasteiger partial charge is 0.303 e. The lowest BCUT2D eigenvalue weighted by Crippen LogP contribution is -2.22. The molecular formula is C18H17N7O. The van der Waals surface area contributed by atoms with Crippen molar-refractivity contribution in [2.75, 3.05) is 5.32 Å². The molecule has 1 amide bonds. The van der Waals surface area contributed by atoms with Crippen LogP contribution in [0, 0.1) is 0 Å². The van der Waals surface area contributed by atoms with Gasteiger partial charge >= 0.3 is 0 Å². The summed E-state index contributed by atoms with van der Waals surface area (Å²) >= 11 is 0. The summed E-state index contributed by atoms with van der Waals surface area (Å²) in [6.07, 6.45) is 1.40. The smallest absolute Gasteiger partial charge is 0.248 e. The van der Waals surface area contributed by atoms with Crippen LogP contribution in [0.2, 0.25) is 0 Å². The number of imidazole rings is 1. The van der Waals surface area contributed by atoms with Crippen LogP contribution in [0.5, 0.6) is 0 Å². The van der Waals surface area contributed by atoms with Gasteiger partial charge in [0, 0.05) is 0 Å². The number of nitrogens with one attached hydrogen (secondary N) is 1. The van der Waals surface area contributed by atoms with Gasteiger partial charge in [-0.25, -0.2) is 9.67 Å². The van der Waals surface area contributed by atoms with Crippen LogP contribution in [0.15, 0.2) is 60.9 Å². The van der Waals surface area contributed by atoms with E-state index >= 15 is 0 Å². The number of anilines is 1. The summed E-state index contributed by atoms with van der Waals surface area (Å²) in [4.78, 5) is 17.0. The zero-order valence-electron chi connectivity index (χ0n) is 14.1. The Balaban J connectivity index is 1.71. The molecule has 0 aliphatic carbocycles. The number of hydrogen-bond donors (Lipinski definition) is 1. The van der Waals surface area contributed by atoms with Crippen molar-refractivity contribution in [2.24, 2.45) is 0 Å². The number of hydrogen-bond acceptors (Lipinski definition) is 5. The van der Waals surface area contributed by atoms with Gasteiger partial charge in [-0.15, -0.1) is 5.10 Å². The van der Waals surface area contributed by atoms with E-state index in [1.807, 2.05) is 47.0 Å². The molecule has 2 aromatic heterocycles. The minimum absolute atomic E-state index is 0.00642. The molecule has 0 saturated carbocycles. The first-order chi connectivity index (χ1) is 12.7. The van der Waals surface area contributed by atoms with Gasteiger partial charge in [0.15, 0.2) is 0 Å². The van der Waals surface area contributed by atoms with Gasteiger partial charge in [-0.1, -0.05) is 42.5 Å². The van der Waals surface area contributed by atoms with Gasteiger partial charge in [-0.3, -0.25) is 10.1 Å². The molecule has 0 radical (unpaired) electrons. The number of tetrazole rings is 1. The van der Waals surface area contributed by atoms with Gasteiger partial charge in [0.2, 0.25) is 11.9 Å². The quantitative estimate of drug-likeness (QED) is 0.598. The van der Waals surface area contributed by atoms with Crippen molar-refractivity contribution in [3.05, 3.63) is 66.5 Å². The molecule has 0 bridgehead atoms. The van der Waals surface area contributed by atoms with Crippen LogP contribution in [0.3, 0.4) is 0 Å². The molecule has 1 N–H and O–H groups in total. The highest BCUT2D eigenvalue weighted by molar-refractivity contribution is 5.91. The molecule has 1 atom stereocenters. The Hall–Kier alpha value is -3.55. The predicted octanol–water partition coefficient (Wildman–Crippen LogP) is 2.27. The van der Waals surface area contributed by atoms with Gasteiger partial charge in [-0.05, 0) is 35.0 Å². The third kappa shape index (κ3) is 3.04. The average Bonchev–Trinajstić information content (AvgIpc) is 3.29. The standard InChI is InChI=1S/C18H17N7O/c1-13(14-7-3-2-4-8-14)25-16-10-6-5-9-15(16)20-18(25)21-17(26)11-24-12-19-22-23-24/h2-10,12-13H,11H2,1H3,(H,20,21,26). The summed E-state index contributed by atoms with van der Waals surface area (Å²) in [7, 11) is 0. The fourth-order valence-electron chi connectivity index (χ4n) is 2.97. The first kappa shape index (κ1) is 15.9. The molecule has 4 rings (SSSR count). The van der Waals surface area contributed by atoms with Crippen LogP contribution in [0.25, 0.3) is 11.0 Å². The van der Waals surface area contributed by atoms with E-state index in [1.165, 1.54) is 11.0 Å². The predicted molar refractivity (Wildman–Crippen MR) is 96.4 cm³/mol. The van der Waals surface area contributed by atoms with E-state index in [0.717, 1.165) is 16.6 Å². The third-order valence-corrected chi connectivity index (χ3v) is 4.21. The van der Waals surface area contributed by atoms with Crippen LogP contribution >= 0.6 is 0 Å². The highest BCUT2D eigenvalue weighted by Crippen LogP contribution is 2.28. The Labute approximate surface area is 149 Å². The number of para-hydroxylation sites is 2. The summed E-state index contributed by atoms with van der Waals surface area (Å²) in [5.74, 6) is 0.259. The minimum Gasteiger partial charge on any atom is -0.303 e. The van der Waals surface area contributed by atoms with Gasteiger partial charge in [-0.2, -0.15) is 0 Å². The number of amides is 1. The van der Waals surface area contributed by atoms with Crippen LogP contribution in [0.4, 0.5) is 5.95 Å². The van der Waals surface area contributed by atoms with Crippen LogP contribution in [-0.4, -0.2) is 35.7 Å². The van der Waals surface area contributed by atoms with E-state index in [9.17, 15) is 4.79 Å². The number of fused-ring (bicyclic) bond motifs is 1. The normalized spacial score (nSPS) is 12.2. The van der Waals surface area contributed by atoms with E-state index in [4.69, 9.17) is 0 Å². The number of benzene rings is 2. The summed E-state index contributed by atoms with van der Waals surface area (Å²) < 4.78 is 3.39. The first-order valence-corrected chi connectivity index (χ1v) is 8.25. The molecule has 0 aliphatic heterocycles. The molecule has 0 aliphatic rings. The molecule has 8 nitrogen and oxygen atoms in total. The Kier molecular flexibility index (Phi) is 4.14. The maximum Gasteiger partial charge on any atom is 0.248 e. The van der Waals surface area contributed by atoms with Crippen LogP contribution < -0.4 is 5.32 Å². The Morgan fingerprint density at radius 2 is 1.88 bits per heavy atom. The fourth-order valence-corrected chi connectivity index (χ4v) is 2.97. The monoisotopic (exact) mass is 347 g/mol. The highest BCUT2D eigenvalue weighted by Gasteiger charge is 2.19. The van der Waals surface area contributed by atoms with E-state index < -0.39 is 0 Å². The summed E-state index contributed by atoms with van der Waals surface area (Å²) in [5, 5.41) is 13.7. The van der Waals surface area contributed by atoms with Crippen LogP contribution in [-0.2, 0) is 11.3 Å². The molecule has 8 heteroatoms. The highest BCUT2D eigenvalue weighted by atomic mass is 16.2. The molecule has 130 valence electrons. The summed E-state index contributed by atoms with van der Waals surface area (Å²) in [6, 6.07) is 17.9. The van der Waals surface area contributed by atoms with E-state index in [-0.39, 0.29) is 18.5 Å². The molecule has 4 aromatic rings. The maximum atomic E-state index is 12.4. The second-order valence-electron chi connectivity index (χ2n) is 5.94. The third-order valence-electron chi connectivity index (χ3n) is 4.21. The zero-order valence-corrected chi connectivity index (χ0v) is 14.1. The van der Waals surface area contributed by atoms with Crippen molar-refractivity contribution in [3.8, 4) is 0 Å². The zero-order chi connectivity index (χ0) is 17.9. The van der Waals surface area contributed by atoms with Crippen molar-refractivity contribution >= 4 is 22.9 Å². The Morgan fingerprint density at radius 1 is 1.12 bits per heavy atom. The Bertz CT molecular complexity index is 1020. The summed E-state index contributed by atoms with van der Waals surface area (Å²) in [5.41, 5.74) is 2.92. The molecule has 0 spiro atoms. The molecule has 0 saturated heterocycles. The lowest BCUT2D eigenvalue weighted by atomic mass is 10.1. The van der Waals surface area contributed by atoms with Gasteiger partial charge in [0.05, 0.1) is 17.1 Å². The number of aromatic nitrogens is 6. The topological polar surface area (TPSA) is 90.5 Å². The molecule has 0 fully saturated rings. The molecular weight excluding hydrogens is 330 g/mol. The van der Waals surface area contributed by atoms with Crippen molar-refractivity contribution in [2.45, 2.75) is 19.5 Å². The molecule has 2 heterocycles. The number of rotatable bonds is 5. The molecule has 26 heavy (non-hydrogen) atoms. The van der Waals surface area contributed by atoms with Crippen LogP contribution in [0.1, 0.15) is 18.5 Å². The van der Waals surface area contributed by atoms with Crippen molar-refractivity contribution in [1.82, 2.24) is 29.8 Å². The van der Waals surface area contributed by atoms with Gasteiger partial charge in [0.25, 0.3) is 0 Å². The second-order valence-corrected chi connectivity index (χ2v) is 5.94.